The van der Waals surface area contributed by atoms with E-state index < -0.39 is 0 Å². The van der Waals surface area contributed by atoms with Crippen LogP contribution < -0.4 is 10.1 Å². The summed E-state index contributed by atoms with van der Waals surface area (Å²) in [5.74, 6) is 0.904. The molecule has 0 saturated heterocycles. The zero-order valence-corrected chi connectivity index (χ0v) is 11.3. The summed E-state index contributed by atoms with van der Waals surface area (Å²) in [6.07, 6.45) is 4.52. The van der Waals surface area contributed by atoms with E-state index in [4.69, 9.17) is 4.74 Å². The number of para-hydroxylation sites is 2. The van der Waals surface area contributed by atoms with E-state index in [9.17, 15) is 0 Å². The molecule has 0 aliphatic carbocycles. The van der Waals surface area contributed by atoms with Crippen LogP contribution >= 0.6 is 0 Å². The fourth-order valence-corrected chi connectivity index (χ4v) is 1.72. The molecule has 0 bridgehead atoms. The predicted molar refractivity (Wildman–Crippen MR) is 74.7 cm³/mol. The maximum absolute atomic E-state index is 5.31. The maximum Gasteiger partial charge on any atom is 0.141 e. The molecule has 1 rings (SSSR count). The molecule has 0 unspecified atom stereocenters. The van der Waals surface area contributed by atoms with Crippen LogP contribution in [-0.4, -0.2) is 13.2 Å². The van der Waals surface area contributed by atoms with Crippen LogP contribution in [0.25, 0.3) is 0 Å². The average molecular weight is 233 g/mol. The smallest absolute Gasteiger partial charge is 0.141 e. The summed E-state index contributed by atoms with van der Waals surface area (Å²) in [6.45, 7) is 6.47. The minimum Gasteiger partial charge on any atom is -0.495 e. The van der Waals surface area contributed by atoms with Gasteiger partial charge in [0.1, 0.15) is 5.75 Å². The lowest BCUT2D eigenvalue weighted by Gasteiger charge is -2.16. The molecular formula is C15H23NO. The number of hydrogen-bond acceptors (Lipinski definition) is 2. The van der Waals surface area contributed by atoms with E-state index in [1.165, 1.54) is 5.57 Å². The predicted octanol–water partition coefficient (Wildman–Crippen LogP) is 4.24. The second-order valence-electron chi connectivity index (χ2n) is 4.60. The van der Waals surface area contributed by atoms with Crippen molar-refractivity contribution in [3.8, 4) is 5.75 Å². The highest BCUT2D eigenvalue weighted by Crippen LogP contribution is 2.24. The molecule has 0 aliphatic rings. The van der Waals surface area contributed by atoms with Gasteiger partial charge in [-0.3, -0.25) is 0 Å². The highest BCUT2D eigenvalue weighted by Gasteiger charge is 2.05. The van der Waals surface area contributed by atoms with E-state index in [2.05, 4.69) is 38.2 Å². The zero-order chi connectivity index (χ0) is 12.7. The summed E-state index contributed by atoms with van der Waals surface area (Å²) in [5.41, 5.74) is 2.45. The molecule has 0 aromatic heterocycles. The average Bonchev–Trinajstić information content (AvgIpc) is 2.29. The molecule has 2 nitrogen and oxygen atoms in total. The molecule has 1 atom stereocenters. The number of rotatable bonds is 6. The molecular weight excluding hydrogens is 210 g/mol. The Balaban J connectivity index is 2.50. The van der Waals surface area contributed by atoms with E-state index in [-0.39, 0.29) is 0 Å². The first-order chi connectivity index (χ1) is 8.13. The van der Waals surface area contributed by atoms with Gasteiger partial charge >= 0.3 is 0 Å². The summed E-state index contributed by atoms with van der Waals surface area (Å²) in [7, 11) is 1.70. The summed E-state index contributed by atoms with van der Waals surface area (Å²) < 4.78 is 5.31. The Bertz CT molecular complexity index is 367. The molecule has 1 aromatic carbocycles. The first kappa shape index (κ1) is 13.6. The van der Waals surface area contributed by atoms with Gasteiger partial charge in [0.2, 0.25) is 0 Å². The maximum atomic E-state index is 5.31. The number of benzene rings is 1. The van der Waals surface area contributed by atoms with E-state index in [0.717, 1.165) is 24.3 Å². The first-order valence-corrected chi connectivity index (χ1v) is 6.16. The van der Waals surface area contributed by atoms with E-state index >= 15 is 0 Å². The Morgan fingerprint density at radius 3 is 2.71 bits per heavy atom. The summed E-state index contributed by atoms with van der Waals surface area (Å²) >= 11 is 0. The lowest BCUT2D eigenvalue weighted by Crippen LogP contribution is -2.15. The Labute approximate surface area is 105 Å². The van der Waals surface area contributed by atoms with Gasteiger partial charge in [0.15, 0.2) is 0 Å². The Kier molecular flexibility index (Phi) is 5.61. The Hall–Kier alpha value is -1.44. The fraction of sp³-hybridized carbons (Fsp3) is 0.467. The molecule has 0 spiro atoms. The van der Waals surface area contributed by atoms with Crippen LogP contribution in [0.4, 0.5) is 5.69 Å². The fourth-order valence-electron chi connectivity index (χ4n) is 1.72. The Morgan fingerprint density at radius 2 is 2.06 bits per heavy atom. The van der Waals surface area contributed by atoms with Gasteiger partial charge in [-0.1, -0.05) is 23.8 Å². The molecule has 0 heterocycles. The standard InChI is InChI=1S/C15H23NO/c1-12(2)8-7-9-13(3)16-14-10-5-6-11-15(14)17-4/h5-6,8,10-11,13,16H,7,9H2,1-4H3/t13-/m0/s1. The molecule has 1 N–H and O–H groups in total. The summed E-state index contributed by atoms with van der Waals surface area (Å²) in [4.78, 5) is 0. The number of ether oxygens (including phenoxy) is 1. The molecule has 0 amide bonds. The number of nitrogens with one attached hydrogen (secondary N) is 1. The molecule has 0 radical (unpaired) electrons. The lowest BCUT2D eigenvalue weighted by molar-refractivity contribution is 0.416. The third-order valence-corrected chi connectivity index (χ3v) is 2.66. The van der Waals surface area contributed by atoms with Gasteiger partial charge in [0, 0.05) is 6.04 Å². The van der Waals surface area contributed by atoms with Crippen molar-refractivity contribution in [2.75, 3.05) is 12.4 Å². The molecule has 0 aliphatic heterocycles. The summed E-state index contributed by atoms with van der Waals surface area (Å²) in [5, 5.41) is 3.48. The quantitative estimate of drug-likeness (QED) is 0.742. The van der Waals surface area contributed by atoms with Crippen molar-refractivity contribution in [3.05, 3.63) is 35.9 Å². The van der Waals surface area contributed by atoms with Crippen molar-refractivity contribution < 1.29 is 4.74 Å². The second-order valence-corrected chi connectivity index (χ2v) is 4.60. The van der Waals surface area contributed by atoms with Crippen LogP contribution in [0.3, 0.4) is 0 Å². The molecule has 17 heavy (non-hydrogen) atoms. The first-order valence-electron chi connectivity index (χ1n) is 6.16. The van der Waals surface area contributed by atoms with Crippen molar-refractivity contribution in [1.29, 1.82) is 0 Å². The second kappa shape index (κ2) is 7.00. The minimum atomic E-state index is 0.446. The number of hydrogen-bond donors (Lipinski definition) is 1. The third kappa shape index (κ3) is 4.94. The van der Waals surface area contributed by atoms with Gasteiger partial charge in [-0.05, 0) is 45.7 Å². The Morgan fingerprint density at radius 1 is 1.35 bits per heavy atom. The third-order valence-electron chi connectivity index (χ3n) is 2.66. The van der Waals surface area contributed by atoms with Crippen molar-refractivity contribution in [2.24, 2.45) is 0 Å². The lowest BCUT2D eigenvalue weighted by atomic mass is 10.1. The van der Waals surface area contributed by atoms with Crippen LogP contribution in [0.5, 0.6) is 5.75 Å². The van der Waals surface area contributed by atoms with Crippen LogP contribution in [0.1, 0.15) is 33.6 Å². The van der Waals surface area contributed by atoms with Crippen LogP contribution in [0.2, 0.25) is 0 Å². The molecule has 94 valence electrons. The van der Waals surface area contributed by atoms with E-state index in [1.807, 2.05) is 18.2 Å². The highest BCUT2D eigenvalue weighted by molar-refractivity contribution is 5.56. The van der Waals surface area contributed by atoms with Crippen molar-refractivity contribution in [2.45, 2.75) is 39.7 Å². The van der Waals surface area contributed by atoms with Gasteiger partial charge in [0.25, 0.3) is 0 Å². The highest BCUT2D eigenvalue weighted by atomic mass is 16.5. The topological polar surface area (TPSA) is 21.3 Å². The van der Waals surface area contributed by atoms with Crippen molar-refractivity contribution >= 4 is 5.69 Å². The zero-order valence-electron chi connectivity index (χ0n) is 11.3. The minimum absolute atomic E-state index is 0.446. The van der Waals surface area contributed by atoms with Crippen molar-refractivity contribution in [3.63, 3.8) is 0 Å². The van der Waals surface area contributed by atoms with E-state index in [1.54, 1.807) is 7.11 Å². The number of anilines is 1. The van der Waals surface area contributed by atoms with Gasteiger partial charge in [0.05, 0.1) is 12.8 Å². The molecule has 1 aromatic rings. The SMILES string of the molecule is COc1ccccc1N[C@@H](C)CCC=C(C)C. The molecule has 0 fully saturated rings. The van der Waals surface area contributed by atoms with E-state index in [0.29, 0.717) is 6.04 Å². The number of methoxy groups -OCH3 is 1. The normalized spacial score (nSPS) is 11.8. The van der Waals surface area contributed by atoms with Gasteiger partial charge < -0.3 is 10.1 Å². The molecule has 2 heteroatoms. The van der Waals surface area contributed by atoms with Crippen molar-refractivity contribution in [1.82, 2.24) is 0 Å². The number of allylic oxidation sites excluding steroid dienone is 2. The largest absolute Gasteiger partial charge is 0.495 e. The van der Waals surface area contributed by atoms with Gasteiger partial charge in [-0.2, -0.15) is 0 Å². The van der Waals surface area contributed by atoms with Gasteiger partial charge in [-0.15, -0.1) is 0 Å². The monoisotopic (exact) mass is 233 g/mol. The van der Waals surface area contributed by atoms with Gasteiger partial charge in [-0.25, -0.2) is 0 Å². The van der Waals surface area contributed by atoms with Crippen LogP contribution in [0.15, 0.2) is 35.9 Å². The van der Waals surface area contributed by atoms with Crippen LogP contribution in [0, 0.1) is 0 Å². The van der Waals surface area contributed by atoms with Crippen LogP contribution in [-0.2, 0) is 0 Å². The summed E-state index contributed by atoms with van der Waals surface area (Å²) in [6, 6.07) is 8.48. The molecule has 0 saturated carbocycles.